The molecule has 3 aromatic rings. The molecular weight excluding hydrogens is 368 g/mol. The van der Waals surface area contributed by atoms with Crippen molar-refractivity contribution in [2.75, 3.05) is 23.8 Å². The van der Waals surface area contributed by atoms with E-state index in [9.17, 15) is 9.59 Å². The molecule has 29 heavy (non-hydrogen) atoms. The van der Waals surface area contributed by atoms with Crippen LogP contribution in [-0.4, -0.2) is 25.0 Å². The van der Waals surface area contributed by atoms with E-state index in [1.54, 1.807) is 48.5 Å². The molecule has 0 saturated carbocycles. The summed E-state index contributed by atoms with van der Waals surface area (Å²) in [6, 6.07) is 23.4. The molecule has 0 atom stereocenters. The Kier molecular flexibility index (Phi) is 6.84. The number of carbonyl (C=O) groups is 2. The number of ether oxygens (including phenoxy) is 2. The van der Waals surface area contributed by atoms with Gasteiger partial charge in [0, 0.05) is 23.9 Å². The highest BCUT2D eigenvalue weighted by atomic mass is 16.5. The Morgan fingerprint density at radius 3 is 1.76 bits per heavy atom. The first kappa shape index (κ1) is 19.9. The van der Waals surface area contributed by atoms with Crippen molar-refractivity contribution in [1.82, 2.24) is 0 Å². The highest BCUT2D eigenvalue weighted by Gasteiger charge is 2.07. The van der Waals surface area contributed by atoms with Crippen molar-refractivity contribution in [3.63, 3.8) is 0 Å². The second kappa shape index (κ2) is 9.94. The van der Waals surface area contributed by atoms with Gasteiger partial charge in [-0.25, -0.2) is 0 Å². The average molecular weight is 390 g/mol. The minimum absolute atomic E-state index is 0.143. The van der Waals surface area contributed by atoms with Gasteiger partial charge in [-0.1, -0.05) is 18.2 Å². The number of hydrogen-bond acceptors (Lipinski definition) is 4. The smallest absolute Gasteiger partial charge is 0.255 e. The molecule has 0 aliphatic carbocycles. The molecule has 6 nitrogen and oxygen atoms in total. The van der Waals surface area contributed by atoms with Gasteiger partial charge >= 0.3 is 0 Å². The van der Waals surface area contributed by atoms with Gasteiger partial charge in [-0.15, -0.1) is 0 Å². The molecule has 0 aliphatic rings. The number of benzene rings is 3. The van der Waals surface area contributed by atoms with Crippen molar-refractivity contribution >= 4 is 23.2 Å². The van der Waals surface area contributed by atoms with Gasteiger partial charge in [0.25, 0.3) is 5.91 Å². The standard InChI is InChI=1S/C23H22N2O4/c1-17(26)24-19-9-11-20(12-10-19)25-23(27)18-7-13-22(14-8-18)29-16-15-28-21-5-3-2-4-6-21/h2-14H,15-16H2,1H3,(H,24,26)(H,25,27). The van der Waals surface area contributed by atoms with Gasteiger partial charge in [0.1, 0.15) is 24.7 Å². The summed E-state index contributed by atoms with van der Waals surface area (Å²) >= 11 is 0. The van der Waals surface area contributed by atoms with E-state index in [0.717, 1.165) is 5.75 Å². The van der Waals surface area contributed by atoms with Gasteiger partial charge in [-0.3, -0.25) is 9.59 Å². The maximum Gasteiger partial charge on any atom is 0.255 e. The molecule has 6 heteroatoms. The van der Waals surface area contributed by atoms with E-state index < -0.39 is 0 Å². The van der Waals surface area contributed by atoms with Gasteiger partial charge in [0.15, 0.2) is 0 Å². The summed E-state index contributed by atoms with van der Waals surface area (Å²) in [6.45, 7) is 2.28. The van der Waals surface area contributed by atoms with E-state index in [1.807, 2.05) is 30.3 Å². The van der Waals surface area contributed by atoms with E-state index in [2.05, 4.69) is 10.6 Å². The lowest BCUT2D eigenvalue weighted by Gasteiger charge is -2.09. The minimum atomic E-state index is -0.226. The van der Waals surface area contributed by atoms with Crippen LogP contribution in [0.4, 0.5) is 11.4 Å². The third-order valence-electron chi connectivity index (χ3n) is 3.94. The van der Waals surface area contributed by atoms with Gasteiger partial charge < -0.3 is 20.1 Å². The average Bonchev–Trinajstić information content (AvgIpc) is 2.73. The first-order chi connectivity index (χ1) is 14.1. The number of carbonyl (C=O) groups excluding carboxylic acids is 2. The zero-order valence-electron chi connectivity index (χ0n) is 16.1. The fraction of sp³-hybridized carbons (Fsp3) is 0.130. The summed E-state index contributed by atoms with van der Waals surface area (Å²) < 4.78 is 11.2. The van der Waals surface area contributed by atoms with Crippen molar-refractivity contribution in [3.05, 3.63) is 84.4 Å². The molecule has 0 spiro atoms. The lowest BCUT2D eigenvalue weighted by Crippen LogP contribution is -2.12. The summed E-state index contributed by atoms with van der Waals surface area (Å²) in [5.41, 5.74) is 1.83. The Morgan fingerprint density at radius 2 is 1.21 bits per heavy atom. The van der Waals surface area contributed by atoms with Crippen LogP contribution in [0.25, 0.3) is 0 Å². The Morgan fingerprint density at radius 1 is 0.690 bits per heavy atom. The maximum atomic E-state index is 12.4. The summed E-state index contributed by atoms with van der Waals surface area (Å²) in [4.78, 5) is 23.4. The van der Waals surface area contributed by atoms with Crippen molar-refractivity contribution in [3.8, 4) is 11.5 Å². The van der Waals surface area contributed by atoms with Crippen LogP contribution in [0.3, 0.4) is 0 Å². The molecule has 2 N–H and O–H groups in total. The predicted octanol–water partition coefficient (Wildman–Crippen LogP) is 4.36. The van der Waals surface area contributed by atoms with Gasteiger partial charge in [0.05, 0.1) is 0 Å². The lowest BCUT2D eigenvalue weighted by atomic mass is 10.2. The number of rotatable bonds is 8. The van der Waals surface area contributed by atoms with Gasteiger partial charge in [-0.2, -0.15) is 0 Å². The van der Waals surface area contributed by atoms with Crippen LogP contribution in [0.2, 0.25) is 0 Å². The summed E-state index contributed by atoms with van der Waals surface area (Å²) in [5.74, 6) is 1.10. The van der Waals surface area contributed by atoms with E-state index >= 15 is 0 Å². The van der Waals surface area contributed by atoms with Crippen LogP contribution < -0.4 is 20.1 Å². The predicted molar refractivity (Wildman–Crippen MR) is 113 cm³/mol. The van der Waals surface area contributed by atoms with Crippen LogP contribution in [0.15, 0.2) is 78.9 Å². The van der Waals surface area contributed by atoms with Crippen molar-refractivity contribution < 1.29 is 19.1 Å². The maximum absolute atomic E-state index is 12.4. The topological polar surface area (TPSA) is 76.7 Å². The van der Waals surface area contributed by atoms with Crippen molar-refractivity contribution in [2.45, 2.75) is 6.92 Å². The van der Waals surface area contributed by atoms with Gasteiger partial charge in [-0.05, 0) is 60.7 Å². The molecule has 0 saturated heterocycles. The zero-order chi connectivity index (χ0) is 20.5. The molecule has 148 valence electrons. The summed E-state index contributed by atoms with van der Waals surface area (Å²) in [5, 5.41) is 5.50. The second-order valence-electron chi connectivity index (χ2n) is 6.25. The molecular formula is C23H22N2O4. The normalized spacial score (nSPS) is 10.1. The molecule has 3 rings (SSSR count). The fourth-order valence-electron chi connectivity index (χ4n) is 2.58. The molecule has 0 aliphatic heterocycles. The second-order valence-corrected chi connectivity index (χ2v) is 6.25. The Labute approximate surface area is 169 Å². The zero-order valence-corrected chi connectivity index (χ0v) is 16.1. The van der Waals surface area contributed by atoms with Crippen molar-refractivity contribution in [1.29, 1.82) is 0 Å². The molecule has 0 aromatic heterocycles. The van der Waals surface area contributed by atoms with Gasteiger partial charge in [0.2, 0.25) is 5.91 Å². The Hall–Kier alpha value is -3.80. The lowest BCUT2D eigenvalue weighted by molar-refractivity contribution is -0.114. The fourth-order valence-corrected chi connectivity index (χ4v) is 2.58. The highest BCUT2D eigenvalue weighted by molar-refractivity contribution is 6.04. The monoisotopic (exact) mass is 390 g/mol. The number of anilines is 2. The van der Waals surface area contributed by atoms with Crippen LogP contribution in [-0.2, 0) is 4.79 Å². The first-order valence-corrected chi connectivity index (χ1v) is 9.20. The van der Waals surface area contributed by atoms with Crippen LogP contribution in [0.5, 0.6) is 11.5 Å². The molecule has 2 amide bonds. The third-order valence-corrected chi connectivity index (χ3v) is 3.94. The molecule has 0 bridgehead atoms. The van der Waals surface area contributed by atoms with Crippen LogP contribution >= 0.6 is 0 Å². The van der Waals surface area contributed by atoms with E-state index in [1.165, 1.54) is 6.92 Å². The van der Waals surface area contributed by atoms with E-state index in [-0.39, 0.29) is 11.8 Å². The third kappa shape index (κ3) is 6.39. The molecule has 0 unspecified atom stereocenters. The quantitative estimate of drug-likeness (QED) is 0.561. The number of nitrogens with one attached hydrogen (secondary N) is 2. The largest absolute Gasteiger partial charge is 0.490 e. The van der Waals surface area contributed by atoms with Crippen LogP contribution in [0, 0.1) is 0 Å². The number of amides is 2. The van der Waals surface area contributed by atoms with E-state index in [4.69, 9.17) is 9.47 Å². The molecule has 3 aromatic carbocycles. The first-order valence-electron chi connectivity index (χ1n) is 9.20. The molecule has 0 radical (unpaired) electrons. The minimum Gasteiger partial charge on any atom is -0.490 e. The Bertz CT molecular complexity index is 939. The van der Waals surface area contributed by atoms with E-state index in [0.29, 0.717) is 35.9 Å². The summed E-state index contributed by atoms with van der Waals surface area (Å²) in [7, 11) is 0. The molecule has 0 heterocycles. The molecule has 0 fully saturated rings. The SMILES string of the molecule is CC(=O)Nc1ccc(NC(=O)c2ccc(OCCOc3ccccc3)cc2)cc1. The Balaban J connectivity index is 1.46. The highest BCUT2D eigenvalue weighted by Crippen LogP contribution is 2.17. The number of para-hydroxylation sites is 1. The number of hydrogen-bond donors (Lipinski definition) is 2. The summed E-state index contributed by atoms with van der Waals surface area (Å²) in [6.07, 6.45) is 0. The van der Waals surface area contributed by atoms with Crippen molar-refractivity contribution in [2.24, 2.45) is 0 Å². The van der Waals surface area contributed by atoms with Crippen LogP contribution in [0.1, 0.15) is 17.3 Å².